The predicted molar refractivity (Wildman–Crippen MR) is 164 cm³/mol. The lowest BCUT2D eigenvalue weighted by Gasteiger charge is -2.53. The maximum absolute atomic E-state index is 15.6. The third-order valence-corrected chi connectivity index (χ3v) is 12.3. The van der Waals surface area contributed by atoms with Crippen molar-refractivity contribution in [2.75, 3.05) is 20.1 Å². The molecule has 0 amide bonds. The highest BCUT2D eigenvalue weighted by molar-refractivity contribution is 5.41. The number of hydrogen-bond donors (Lipinski definition) is 2. The molecule has 7 atom stereocenters. The van der Waals surface area contributed by atoms with Gasteiger partial charge in [0.15, 0.2) is 0 Å². The molecule has 0 aliphatic heterocycles. The van der Waals surface area contributed by atoms with Crippen LogP contribution in [-0.4, -0.2) is 95.2 Å². The number of rotatable bonds is 16. The lowest BCUT2D eigenvalue weighted by molar-refractivity contribution is -0.461. The summed E-state index contributed by atoms with van der Waals surface area (Å²) in [6.45, 7) is 1.21. The van der Waals surface area contributed by atoms with Gasteiger partial charge in [-0.1, -0.05) is 13.0 Å². The van der Waals surface area contributed by atoms with E-state index in [0.29, 0.717) is 12.8 Å². The van der Waals surface area contributed by atoms with E-state index in [1.807, 2.05) is 13.0 Å². The number of phenolic OH excluding ortho intramolecular Hbond substituents is 1. The molecule has 2 N–H and O–H groups in total. The van der Waals surface area contributed by atoms with Gasteiger partial charge in [-0.2, -0.15) is 74.6 Å². The van der Waals surface area contributed by atoms with E-state index in [0.717, 1.165) is 35.3 Å². The van der Waals surface area contributed by atoms with Gasteiger partial charge >= 0.3 is 47.6 Å². The van der Waals surface area contributed by atoms with Crippen LogP contribution in [0.2, 0.25) is 0 Å². The molecule has 56 heavy (non-hydrogen) atoms. The summed E-state index contributed by atoms with van der Waals surface area (Å²) in [5.41, 5.74) is 1.59. The average molecular weight is 850 g/mol. The van der Waals surface area contributed by atoms with Crippen LogP contribution in [0.4, 0.5) is 79.0 Å². The first-order chi connectivity index (χ1) is 25.2. The third kappa shape index (κ3) is 7.43. The highest BCUT2D eigenvalue weighted by Crippen LogP contribution is 2.65. The lowest BCUT2D eigenvalue weighted by Crippen LogP contribution is -2.74. The monoisotopic (exact) mass is 849 g/mol. The second kappa shape index (κ2) is 15.1. The number of hydrogen-bond acceptors (Lipinski definition) is 3. The van der Waals surface area contributed by atoms with Gasteiger partial charge in [0.1, 0.15) is 11.9 Å². The molecule has 3 aliphatic carbocycles. The molecular formula is C35H41F18NO2. The fourth-order valence-corrected chi connectivity index (χ4v) is 9.04. The zero-order valence-electron chi connectivity index (χ0n) is 29.8. The Balaban J connectivity index is 1.35. The van der Waals surface area contributed by atoms with Crippen LogP contribution in [-0.2, 0) is 6.42 Å². The van der Waals surface area contributed by atoms with Crippen LogP contribution in [0.1, 0.15) is 81.8 Å². The predicted octanol–water partition coefficient (Wildman–Crippen LogP) is 11.1. The number of halogens is 18. The summed E-state index contributed by atoms with van der Waals surface area (Å²) in [5, 5.41) is 20.9. The van der Waals surface area contributed by atoms with Gasteiger partial charge in [-0.25, -0.2) is 4.39 Å². The van der Waals surface area contributed by atoms with E-state index in [1.54, 1.807) is 12.1 Å². The van der Waals surface area contributed by atoms with Crippen LogP contribution in [0.15, 0.2) is 18.2 Å². The fourth-order valence-electron chi connectivity index (χ4n) is 9.04. The largest absolute Gasteiger partial charge is 0.508 e. The molecule has 3 nitrogen and oxygen atoms in total. The van der Waals surface area contributed by atoms with Crippen molar-refractivity contribution in [1.82, 2.24) is 4.90 Å². The Morgan fingerprint density at radius 2 is 1.29 bits per heavy atom. The van der Waals surface area contributed by atoms with E-state index in [1.165, 1.54) is 7.05 Å². The van der Waals surface area contributed by atoms with Gasteiger partial charge in [0.2, 0.25) is 0 Å². The van der Waals surface area contributed by atoms with Gasteiger partial charge in [0.25, 0.3) is 0 Å². The Hall–Kier alpha value is -2.32. The number of nitrogens with zero attached hydrogens (tertiary/aromatic N) is 1. The Kier molecular flexibility index (Phi) is 12.5. The molecule has 1 aromatic rings. The average Bonchev–Trinajstić information content (AvgIpc) is 3.36. The van der Waals surface area contributed by atoms with Crippen LogP contribution in [0.25, 0.3) is 0 Å². The summed E-state index contributed by atoms with van der Waals surface area (Å²) in [7, 11) is 1.18. The molecule has 1 aromatic carbocycles. The SMILES string of the molecule is CN(CCCC(F)C[C@@H]1Cc2cc(O)ccc2[C@H]2CC[C@]3(C)[C@@H](O)CC[C@H]3[C@H]12)CCCC(F)(F)C(F)(F)C(F)(F)C(F)(F)C(F)(F)C(F)(F)C(F)(F)C(F)(F)F. The molecular weight excluding hydrogens is 808 g/mol. The van der Waals surface area contributed by atoms with Gasteiger partial charge in [-0.15, -0.1) is 0 Å². The standard InChI is InChI=1S/C35H41F18NO2/c1-27-12-10-23-22-7-6-21(55)17-18(22)15-19(26(23)24(27)8-9-25(27)56)16-20(36)5-3-13-54(2)14-4-11-28(37,38)29(39,40)30(41,42)31(43,44)32(45,46)33(47,48)34(49,50)35(51,52)53/h6-7,17,19-20,23-26,55-56H,3-5,8-16H2,1-2H3/t19-,20?,23+,24-,25-,26+,27-/m0/s1. The van der Waals surface area contributed by atoms with Gasteiger partial charge in [0.05, 0.1) is 6.10 Å². The van der Waals surface area contributed by atoms with Crippen molar-refractivity contribution in [2.45, 2.75) is 137 Å². The summed E-state index contributed by atoms with van der Waals surface area (Å²) in [6, 6.07) is 5.09. The van der Waals surface area contributed by atoms with Crippen molar-refractivity contribution >= 4 is 0 Å². The van der Waals surface area contributed by atoms with E-state index in [4.69, 9.17) is 0 Å². The number of aromatic hydroxyl groups is 1. The van der Waals surface area contributed by atoms with E-state index in [9.17, 15) is 84.9 Å². The highest BCUT2D eigenvalue weighted by Gasteiger charge is 2.95. The maximum Gasteiger partial charge on any atom is 0.460 e. The molecule has 21 heteroatoms. The van der Waals surface area contributed by atoms with Crippen molar-refractivity contribution in [3.8, 4) is 5.75 Å². The molecule has 0 spiro atoms. The van der Waals surface area contributed by atoms with Crippen LogP contribution in [0.5, 0.6) is 5.75 Å². The molecule has 2 saturated carbocycles. The number of alkyl halides is 18. The van der Waals surface area contributed by atoms with Crippen LogP contribution in [0.3, 0.4) is 0 Å². The molecule has 0 bridgehead atoms. The van der Waals surface area contributed by atoms with Crippen molar-refractivity contribution in [3.05, 3.63) is 29.3 Å². The van der Waals surface area contributed by atoms with E-state index >= 15 is 4.39 Å². The number of aliphatic hydroxyl groups excluding tert-OH is 1. The first-order valence-electron chi connectivity index (χ1n) is 17.8. The van der Waals surface area contributed by atoms with Crippen molar-refractivity contribution in [2.24, 2.45) is 23.2 Å². The van der Waals surface area contributed by atoms with Crippen LogP contribution in [0, 0.1) is 23.2 Å². The third-order valence-electron chi connectivity index (χ3n) is 12.3. The van der Waals surface area contributed by atoms with E-state index in [-0.39, 0.29) is 60.6 Å². The highest BCUT2D eigenvalue weighted by atomic mass is 19.4. The van der Waals surface area contributed by atoms with Gasteiger partial charge < -0.3 is 15.1 Å². The molecule has 0 saturated heterocycles. The smallest absolute Gasteiger partial charge is 0.460 e. The minimum Gasteiger partial charge on any atom is -0.508 e. The molecule has 1 unspecified atom stereocenters. The molecule has 3 aliphatic rings. The van der Waals surface area contributed by atoms with Crippen LogP contribution >= 0.6 is 0 Å². The van der Waals surface area contributed by atoms with Crippen molar-refractivity contribution in [3.63, 3.8) is 0 Å². The zero-order valence-corrected chi connectivity index (χ0v) is 29.8. The van der Waals surface area contributed by atoms with Crippen molar-refractivity contribution < 1.29 is 89.2 Å². The van der Waals surface area contributed by atoms with Crippen molar-refractivity contribution in [1.29, 1.82) is 0 Å². The Morgan fingerprint density at radius 3 is 1.86 bits per heavy atom. The minimum atomic E-state index is -8.65. The molecule has 0 radical (unpaired) electrons. The minimum absolute atomic E-state index is 0.0262. The number of fused-ring (bicyclic) bond motifs is 5. The molecule has 0 heterocycles. The summed E-state index contributed by atoms with van der Waals surface area (Å²) in [5.74, 6) is -56.3. The Bertz CT molecular complexity index is 1530. The summed E-state index contributed by atoms with van der Waals surface area (Å²) < 4.78 is 246. The lowest BCUT2D eigenvalue weighted by atomic mass is 9.52. The van der Waals surface area contributed by atoms with E-state index in [2.05, 4.69) is 0 Å². The summed E-state index contributed by atoms with van der Waals surface area (Å²) in [6.07, 6.45) is -10.2. The van der Waals surface area contributed by atoms with Gasteiger partial charge in [0, 0.05) is 6.42 Å². The number of benzene rings is 1. The molecule has 324 valence electrons. The quantitative estimate of drug-likeness (QED) is 0.163. The first-order valence-corrected chi connectivity index (χ1v) is 17.8. The fraction of sp³-hybridized carbons (Fsp3) is 0.829. The Morgan fingerprint density at radius 1 is 0.750 bits per heavy atom. The Labute approximate surface area is 309 Å². The number of aliphatic hydroxyl groups is 1. The second-order valence-electron chi connectivity index (χ2n) is 15.8. The molecule has 0 aromatic heterocycles. The number of phenols is 1. The van der Waals surface area contributed by atoms with Gasteiger partial charge in [-0.05, 0) is 130 Å². The van der Waals surface area contributed by atoms with Gasteiger partial charge in [-0.3, -0.25) is 0 Å². The second-order valence-corrected chi connectivity index (χ2v) is 15.8. The maximum atomic E-state index is 15.6. The summed E-state index contributed by atoms with van der Waals surface area (Å²) >= 11 is 0. The summed E-state index contributed by atoms with van der Waals surface area (Å²) in [4.78, 5) is 1.11. The van der Waals surface area contributed by atoms with E-state index < -0.39 is 79.3 Å². The molecule has 4 rings (SSSR count). The zero-order chi connectivity index (χ0) is 42.9. The normalized spacial score (nSPS) is 27.6. The first kappa shape index (κ1) is 46.4. The van der Waals surface area contributed by atoms with Crippen LogP contribution < -0.4 is 0 Å². The topological polar surface area (TPSA) is 43.7 Å². The molecule has 2 fully saturated rings.